The lowest BCUT2D eigenvalue weighted by Gasteiger charge is -2.24. The first kappa shape index (κ1) is 15.6. The molecule has 24 heavy (non-hydrogen) atoms. The summed E-state index contributed by atoms with van der Waals surface area (Å²) in [6, 6.07) is 3.57. The highest BCUT2D eigenvalue weighted by Crippen LogP contribution is 2.39. The summed E-state index contributed by atoms with van der Waals surface area (Å²) in [5.41, 5.74) is 14.5. The van der Waals surface area contributed by atoms with Gasteiger partial charge in [0.2, 0.25) is 0 Å². The van der Waals surface area contributed by atoms with E-state index in [4.69, 9.17) is 11.5 Å². The minimum atomic E-state index is -0.252. The predicted octanol–water partition coefficient (Wildman–Crippen LogP) is 1.78. The Morgan fingerprint density at radius 3 is 2.62 bits per heavy atom. The molecule has 128 valence electrons. The molecular weight excluding hydrogens is 307 g/mol. The van der Waals surface area contributed by atoms with Crippen molar-refractivity contribution in [3.8, 4) is 0 Å². The van der Waals surface area contributed by atoms with Gasteiger partial charge in [-0.05, 0) is 43.9 Å². The summed E-state index contributed by atoms with van der Waals surface area (Å²) in [4.78, 5) is 14.8. The number of aryl methyl sites for hydroxylation is 1. The van der Waals surface area contributed by atoms with Crippen LogP contribution in [-0.4, -0.2) is 23.7 Å². The third-order valence-corrected chi connectivity index (χ3v) is 5.23. The number of nitrogens with zero attached hydrogens (tertiary/aromatic N) is 2. The summed E-state index contributed by atoms with van der Waals surface area (Å²) in [5.74, 6) is -0.252. The molecule has 6 heteroatoms. The molecule has 2 aromatic rings. The molecule has 1 unspecified atom stereocenters. The van der Waals surface area contributed by atoms with E-state index in [1.165, 1.54) is 0 Å². The fourth-order valence-electron chi connectivity index (χ4n) is 3.92. The summed E-state index contributed by atoms with van der Waals surface area (Å²) in [5, 5.41) is 0.754. The monoisotopic (exact) mass is 330 g/mol. The normalized spacial score (nSPS) is 21.0. The van der Waals surface area contributed by atoms with Gasteiger partial charge in [0.15, 0.2) is 0 Å². The Morgan fingerprint density at radius 1 is 1.29 bits per heavy atom. The van der Waals surface area contributed by atoms with Crippen molar-refractivity contribution in [3.05, 3.63) is 39.4 Å². The number of rotatable bonds is 3. The molecule has 0 bridgehead atoms. The van der Waals surface area contributed by atoms with E-state index >= 15 is 0 Å². The average molecular weight is 330 g/mol. The Bertz CT molecular complexity index is 872. The van der Waals surface area contributed by atoms with Crippen molar-refractivity contribution in [1.29, 1.82) is 0 Å². The zero-order valence-corrected chi connectivity index (χ0v) is 13.9. The molecule has 1 aromatic heterocycles. The van der Waals surface area contributed by atoms with Gasteiger partial charge in [-0.25, -0.2) is 4.39 Å². The van der Waals surface area contributed by atoms with Gasteiger partial charge in [0.05, 0.1) is 11.2 Å². The van der Waals surface area contributed by atoms with Gasteiger partial charge in [0.1, 0.15) is 5.82 Å². The Hall–Kier alpha value is -1.92. The van der Waals surface area contributed by atoms with Crippen LogP contribution in [-0.2, 0) is 6.54 Å². The molecule has 2 heterocycles. The summed E-state index contributed by atoms with van der Waals surface area (Å²) >= 11 is 0. The number of hydrogen-bond acceptors (Lipinski definition) is 4. The molecule has 1 aromatic carbocycles. The van der Waals surface area contributed by atoms with Gasteiger partial charge in [0, 0.05) is 42.7 Å². The lowest BCUT2D eigenvalue weighted by atomic mass is 10.0. The first-order valence-corrected chi connectivity index (χ1v) is 8.59. The van der Waals surface area contributed by atoms with Crippen molar-refractivity contribution >= 4 is 16.6 Å². The molecular formula is C18H23FN4O. The Balaban J connectivity index is 2.00. The zero-order valence-electron chi connectivity index (χ0n) is 13.9. The Labute approximate surface area is 140 Å². The molecule has 0 radical (unpaired) electrons. The summed E-state index contributed by atoms with van der Waals surface area (Å²) in [6.45, 7) is 3.48. The molecule has 1 saturated carbocycles. The lowest BCUT2D eigenvalue weighted by Crippen LogP contribution is -2.29. The van der Waals surface area contributed by atoms with Gasteiger partial charge < -0.3 is 20.9 Å². The van der Waals surface area contributed by atoms with E-state index in [0.29, 0.717) is 17.8 Å². The molecule has 2 fully saturated rings. The van der Waals surface area contributed by atoms with Crippen molar-refractivity contribution in [1.82, 2.24) is 4.57 Å². The van der Waals surface area contributed by atoms with Crippen molar-refractivity contribution in [2.45, 2.75) is 44.8 Å². The van der Waals surface area contributed by atoms with E-state index in [1.54, 1.807) is 12.1 Å². The molecule has 0 spiro atoms. The van der Waals surface area contributed by atoms with E-state index < -0.39 is 0 Å². The van der Waals surface area contributed by atoms with Crippen LogP contribution in [0.1, 0.15) is 36.4 Å². The van der Waals surface area contributed by atoms with E-state index in [-0.39, 0.29) is 30.0 Å². The van der Waals surface area contributed by atoms with E-state index in [0.717, 1.165) is 42.3 Å². The first-order valence-electron chi connectivity index (χ1n) is 8.59. The lowest BCUT2D eigenvalue weighted by molar-refractivity contribution is 0.621. The number of pyridine rings is 1. The number of hydrogen-bond donors (Lipinski definition) is 2. The number of halogens is 1. The molecule has 5 nitrogen and oxygen atoms in total. The third-order valence-electron chi connectivity index (χ3n) is 5.23. The number of anilines is 1. The summed E-state index contributed by atoms with van der Waals surface area (Å²) in [6.07, 6.45) is 2.84. The van der Waals surface area contributed by atoms with E-state index in [9.17, 15) is 9.18 Å². The maximum atomic E-state index is 14.8. The molecule has 2 aliphatic rings. The minimum Gasteiger partial charge on any atom is -0.367 e. The van der Waals surface area contributed by atoms with Crippen molar-refractivity contribution in [2.24, 2.45) is 11.5 Å². The largest absolute Gasteiger partial charge is 0.367 e. The fourth-order valence-corrected chi connectivity index (χ4v) is 3.92. The van der Waals surface area contributed by atoms with Crippen LogP contribution in [0, 0.1) is 12.7 Å². The molecule has 0 amide bonds. The predicted molar refractivity (Wildman–Crippen MR) is 93.9 cm³/mol. The minimum absolute atomic E-state index is 0.0359. The fraction of sp³-hybridized carbons (Fsp3) is 0.500. The van der Waals surface area contributed by atoms with Crippen molar-refractivity contribution < 1.29 is 4.39 Å². The highest BCUT2D eigenvalue weighted by molar-refractivity contribution is 5.88. The van der Waals surface area contributed by atoms with Crippen molar-refractivity contribution in [3.63, 3.8) is 0 Å². The number of benzene rings is 1. The summed E-state index contributed by atoms with van der Waals surface area (Å²) < 4.78 is 16.7. The smallest absolute Gasteiger partial charge is 0.255 e. The zero-order chi connectivity index (χ0) is 17.0. The van der Waals surface area contributed by atoms with Gasteiger partial charge in [-0.15, -0.1) is 0 Å². The number of nitrogens with two attached hydrogens (primary N) is 2. The van der Waals surface area contributed by atoms with Crippen molar-refractivity contribution in [2.75, 3.05) is 18.0 Å². The van der Waals surface area contributed by atoms with E-state index in [2.05, 4.69) is 0 Å². The van der Waals surface area contributed by atoms with Gasteiger partial charge in [-0.1, -0.05) is 0 Å². The number of aromatic nitrogens is 1. The number of fused-ring (bicyclic) bond motifs is 1. The van der Waals surface area contributed by atoms with Crippen LogP contribution in [0.3, 0.4) is 0 Å². The Kier molecular flexibility index (Phi) is 3.62. The van der Waals surface area contributed by atoms with Crippen LogP contribution < -0.4 is 21.9 Å². The molecule has 4 rings (SSSR count). The SMILES string of the molecule is Cc1c(N2CCC(N)C2)c(F)cc2cc(CN)c(=O)n(C3CC3)c12. The van der Waals surface area contributed by atoms with Gasteiger partial charge in [-0.2, -0.15) is 0 Å². The molecule has 1 saturated heterocycles. The van der Waals surface area contributed by atoms with Gasteiger partial charge >= 0.3 is 0 Å². The molecule has 4 N–H and O–H groups in total. The van der Waals surface area contributed by atoms with Gasteiger partial charge in [-0.3, -0.25) is 4.79 Å². The van der Waals surface area contributed by atoms with Crippen LogP contribution in [0.2, 0.25) is 0 Å². The van der Waals surface area contributed by atoms with Crippen LogP contribution in [0.4, 0.5) is 10.1 Å². The highest BCUT2D eigenvalue weighted by atomic mass is 19.1. The second-order valence-electron chi connectivity index (χ2n) is 7.04. The Morgan fingerprint density at radius 2 is 2.04 bits per heavy atom. The van der Waals surface area contributed by atoms with Crippen LogP contribution in [0.25, 0.3) is 10.9 Å². The quantitative estimate of drug-likeness (QED) is 0.899. The average Bonchev–Trinajstić information content (AvgIpc) is 3.29. The van der Waals surface area contributed by atoms with Gasteiger partial charge in [0.25, 0.3) is 5.56 Å². The molecule has 1 atom stereocenters. The maximum Gasteiger partial charge on any atom is 0.255 e. The van der Waals surface area contributed by atoms with Crippen LogP contribution >= 0.6 is 0 Å². The standard InChI is InChI=1S/C18H23FN4O/c1-10-16-11(6-12(8-20)18(24)23(16)14-2-3-14)7-15(19)17(10)22-5-4-13(21)9-22/h6-7,13-14H,2-5,8-9,20-21H2,1H3. The molecule has 1 aliphatic carbocycles. The van der Waals surface area contributed by atoms with Crippen LogP contribution in [0.5, 0.6) is 0 Å². The highest BCUT2D eigenvalue weighted by Gasteiger charge is 2.30. The second-order valence-corrected chi connectivity index (χ2v) is 7.04. The van der Waals surface area contributed by atoms with Crippen LogP contribution in [0.15, 0.2) is 16.9 Å². The molecule has 1 aliphatic heterocycles. The maximum absolute atomic E-state index is 14.8. The van der Waals surface area contributed by atoms with E-state index in [1.807, 2.05) is 16.4 Å². The first-order chi connectivity index (χ1) is 11.5. The third kappa shape index (κ3) is 2.32. The second kappa shape index (κ2) is 5.57. The summed E-state index contributed by atoms with van der Waals surface area (Å²) in [7, 11) is 0. The topological polar surface area (TPSA) is 77.3 Å².